The van der Waals surface area contributed by atoms with Gasteiger partial charge >= 0.3 is 0 Å². The second-order valence-corrected chi connectivity index (χ2v) is 4.69. The highest BCUT2D eigenvalue weighted by molar-refractivity contribution is 6.51. The summed E-state index contributed by atoms with van der Waals surface area (Å²) in [6.45, 7) is 0. The molecule has 3 rings (SSSR count). The van der Waals surface area contributed by atoms with Crippen LogP contribution in [0.15, 0.2) is 24.7 Å². The van der Waals surface area contributed by atoms with Gasteiger partial charge < -0.3 is 9.51 Å². The standard InChI is InChI=1S/C11H5Cl3N2O/c12-7-5-1-3-16-4-2-15-11(16)6(5)10(17)9(14)8(7)13/h1-4,17H. The number of phenols is 1. The first-order chi connectivity index (χ1) is 8.11. The van der Waals surface area contributed by atoms with E-state index in [9.17, 15) is 5.11 Å². The quantitative estimate of drug-likeness (QED) is 0.631. The predicted octanol–water partition coefficient (Wildman–Crippen LogP) is 4.15. The molecule has 0 aliphatic carbocycles. The zero-order chi connectivity index (χ0) is 12.2. The summed E-state index contributed by atoms with van der Waals surface area (Å²) < 4.78 is 1.77. The zero-order valence-corrected chi connectivity index (χ0v) is 10.6. The minimum absolute atomic E-state index is 0.0419. The molecule has 2 heterocycles. The third kappa shape index (κ3) is 1.40. The number of phenolic OH excluding ortho intramolecular Hbond substituents is 1. The van der Waals surface area contributed by atoms with Crippen LogP contribution in [0.3, 0.4) is 0 Å². The summed E-state index contributed by atoms with van der Waals surface area (Å²) in [5, 5.41) is 11.7. The summed E-state index contributed by atoms with van der Waals surface area (Å²) in [5.41, 5.74) is 0.584. The monoisotopic (exact) mass is 286 g/mol. The minimum atomic E-state index is -0.104. The molecule has 6 heteroatoms. The van der Waals surface area contributed by atoms with Crippen LogP contribution in [0.2, 0.25) is 15.1 Å². The van der Waals surface area contributed by atoms with Crippen molar-refractivity contribution in [3.8, 4) is 5.75 Å². The normalized spacial score (nSPS) is 11.5. The molecule has 0 aliphatic heterocycles. The molecule has 1 aromatic carbocycles. The van der Waals surface area contributed by atoms with E-state index in [4.69, 9.17) is 34.8 Å². The Kier molecular flexibility index (Phi) is 2.36. The van der Waals surface area contributed by atoms with Crippen molar-refractivity contribution in [2.45, 2.75) is 0 Å². The summed E-state index contributed by atoms with van der Waals surface area (Å²) in [6.07, 6.45) is 5.19. The number of pyridine rings is 1. The highest BCUT2D eigenvalue weighted by Crippen LogP contribution is 2.45. The van der Waals surface area contributed by atoms with Crippen molar-refractivity contribution >= 4 is 51.2 Å². The highest BCUT2D eigenvalue weighted by Gasteiger charge is 2.18. The summed E-state index contributed by atoms with van der Waals surface area (Å²) in [4.78, 5) is 4.16. The Balaban J connectivity index is 2.68. The summed E-state index contributed by atoms with van der Waals surface area (Å²) in [7, 11) is 0. The Labute approximate surface area is 111 Å². The van der Waals surface area contributed by atoms with E-state index in [1.165, 1.54) is 0 Å². The van der Waals surface area contributed by atoms with Gasteiger partial charge in [-0.05, 0) is 6.07 Å². The Bertz CT molecular complexity index is 751. The first-order valence-corrected chi connectivity index (χ1v) is 5.85. The predicted molar refractivity (Wildman–Crippen MR) is 69.4 cm³/mol. The molecule has 3 nitrogen and oxygen atoms in total. The van der Waals surface area contributed by atoms with Gasteiger partial charge in [0.15, 0.2) is 0 Å². The van der Waals surface area contributed by atoms with E-state index >= 15 is 0 Å². The Morgan fingerprint density at radius 1 is 1.06 bits per heavy atom. The van der Waals surface area contributed by atoms with Crippen molar-refractivity contribution in [3.63, 3.8) is 0 Å². The van der Waals surface area contributed by atoms with Gasteiger partial charge in [0.1, 0.15) is 16.4 Å². The number of rotatable bonds is 0. The van der Waals surface area contributed by atoms with Gasteiger partial charge in [0, 0.05) is 24.0 Å². The van der Waals surface area contributed by atoms with E-state index in [0.717, 1.165) is 0 Å². The van der Waals surface area contributed by atoms with Gasteiger partial charge in [0.2, 0.25) is 0 Å². The lowest BCUT2D eigenvalue weighted by molar-refractivity contribution is 0.482. The smallest absolute Gasteiger partial charge is 0.148 e. The number of imidazole rings is 1. The van der Waals surface area contributed by atoms with Crippen molar-refractivity contribution in [1.29, 1.82) is 0 Å². The summed E-state index contributed by atoms with van der Waals surface area (Å²) in [5.74, 6) is -0.104. The fourth-order valence-electron chi connectivity index (χ4n) is 1.83. The lowest BCUT2D eigenvalue weighted by Gasteiger charge is -2.09. The van der Waals surface area contributed by atoms with Gasteiger partial charge in [-0.2, -0.15) is 0 Å². The lowest BCUT2D eigenvalue weighted by Crippen LogP contribution is -1.88. The Hall–Kier alpha value is -1.16. The van der Waals surface area contributed by atoms with Crippen LogP contribution in [0.1, 0.15) is 0 Å². The van der Waals surface area contributed by atoms with Crippen molar-refractivity contribution < 1.29 is 5.11 Å². The summed E-state index contributed by atoms with van der Waals surface area (Å²) in [6, 6.07) is 1.76. The molecule has 0 atom stereocenters. The molecule has 3 aromatic rings. The van der Waals surface area contributed by atoms with Crippen LogP contribution >= 0.6 is 34.8 Å². The number of hydrogen-bond acceptors (Lipinski definition) is 2. The van der Waals surface area contributed by atoms with Crippen LogP contribution < -0.4 is 0 Å². The van der Waals surface area contributed by atoms with Crippen molar-refractivity contribution in [1.82, 2.24) is 9.38 Å². The van der Waals surface area contributed by atoms with Crippen LogP contribution in [0, 0.1) is 0 Å². The molecule has 0 amide bonds. The molecule has 0 fully saturated rings. The van der Waals surface area contributed by atoms with E-state index < -0.39 is 0 Å². The molecular weight excluding hydrogens is 282 g/mol. The number of halogens is 3. The van der Waals surface area contributed by atoms with Gasteiger partial charge in [-0.3, -0.25) is 0 Å². The van der Waals surface area contributed by atoms with Crippen molar-refractivity contribution in [2.24, 2.45) is 0 Å². The van der Waals surface area contributed by atoms with E-state index in [-0.39, 0.29) is 15.8 Å². The topological polar surface area (TPSA) is 37.5 Å². The number of benzene rings is 1. The Morgan fingerprint density at radius 3 is 2.59 bits per heavy atom. The number of aromatic hydroxyl groups is 1. The Morgan fingerprint density at radius 2 is 1.82 bits per heavy atom. The van der Waals surface area contributed by atoms with Crippen molar-refractivity contribution in [3.05, 3.63) is 39.7 Å². The van der Waals surface area contributed by atoms with Gasteiger partial charge in [0.05, 0.1) is 15.4 Å². The fraction of sp³-hybridized carbons (Fsp3) is 0. The number of nitrogens with zero attached hydrogens (tertiary/aromatic N) is 2. The first-order valence-electron chi connectivity index (χ1n) is 4.72. The molecule has 0 saturated heterocycles. The van der Waals surface area contributed by atoms with Crippen LogP contribution in [0.4, 0.5) is 0 Å². The molecule has 0 radical (unpaired) electrons. The average molecular weight is 288 g/mol. The molecule has 0 bridgehead atoms. The largest absolute Gasteiger partial charge is 0.506 e. The number of hydrogen-bond donors (Lipinski definition) is 1. The molecule has 86 valence electrons. The maximum atomic E-state index is 10.1. The fourth-order valence-corrected chi connectivity index (χ4v) is 2.51. The molecule has 0 aliphatic rings. The summed E-state index contributed by atoms with van der Waals surface area (Å²) >= 11 is 18.0. The third-order valence-corrected chi connectivity index (χ3v) is 3.96. The van der Waals surface area contributed by atoms with Crippen LogP contribution in [0.5, 0.6) is 5.75 Å². The molecule has 17 heavy (non-hydrogen) atoms. The first kappa shape index (κ1) is 11.0. The molecular formula is C11H5Cl3N2O. The second kappa shape index (κ2) is 3.67. The van der Waals surface area contributed by atoms with Gasteiger partial charge in [-0.1, -0.05) is 34.8 Å². The van der Waals surface area contributed by atoms with Crippen LogP contribution in [0.25, 0.3) is 16.4 Å². The van der Waals surface area contributed by atoms with Gasteiger partial charge in [-0.25, -0.2) is 4.98 Å². The second-order valence-electron chi connectivity index (χ2n) is 3.55. The van der Waals surface area contributed by atoms with Crippen LogP contribution in [-0.2, 0) is 0 Å². The van der Waals surface area contributed by atoms with Gasteiger partial charge in [-0.15, -0.1) is 0 Å². The van der Waals surface area contributed by atoms with E-state index in [2.05, 4.69) is 4.98 Å². The number of fused-ring (bicyclic) bond motifs is 3. The maximum absolute atomic E-state index is 10.1. The van der Waals surface area contributed by atoms with E-state index in [1.54, 1.807) is 29.1 Å². The highest BCUT2D eigenvalue weighted by atomic mass is 35.5. The van der Waals surface area contributed by atoms with Crippen LogP contribution in [-0.4, -0.2) is 14.5 Å². The van der Waals surface area contributed by atoms with Gasteiger partial charge in [0.25, 0.3) is 0 Å². The SMILES string of the molecule is Oc1c(Cl)c(Cl)c(Cl)c2ccn3ccnc3c12. The molecule has 2 aromatic heterocycles. The number of aromatic nitrogens is 2. The maximum Gasteiger partial charge on any atom is 0.148 e. The molecule has 0 unspecified atom stereocenters. The third-order valence-electron chi connectivity index (χ3n) is 2.63. The minimum Gasteiger partial charge on any atom is -0.506 e. The molecule has 0 spiro atoms. The molecule has 1 N–H and O–H groups in total. The zero-order valence-electron chi connectivity index (χ0n) is 8.28. The average Bonchev–Trinajstić information content (AvgIpc) is 2.80. The van der Waals surface area contributed by atoms with E-state index in [1.807, 2.05) is 0 Å². The lowest BCUT2D eigenvalue weighted by atomic mass is 10.1. The van der Waals surface area contributed by atoms with Crippen molar-refractivity contribution in [2.75, 3.05) is 0 Å². The van der Waals surface area contributed by atoms with E-state index in [0.29, 0.717) is 21.4 Å². The molecule has 0 saturated carbocycles.